The normalized spacial score (nSPS) is 17.8. The standard InChI is InChI=1S/C58H62FN7O7/c1-37-25-41-7-5-6-8-44(41)35-64(37)57(69)52-27-45-34-63(56(68)28-43-9-14-49(30-53(43)59)73-24-20-62-18-22-71-23-19-62)17-15-42(45)26-51(52)55-31-50(38(2)61(55)4)58(70)66(46-10-12-48(67)13-11-46)54-29-47(32-60)65(39(54)3)33-40-16-21-72-36-40/h5-14,26-27,29-31,37,40,67H,15-25,28,33-36H2,1-4H3/t37-,40+/m1/s1. The number of morpholine rings is 1. The van der Waals surface area contributed by atoms with Crippen molar-refractivity contribution >= 4 is 29.1 Å². The van der Waals surface area contributed by atoms with Crippen LogP contribution in [0.25, 0.3) is 11.3 Å². The van der Waals surface area contributed by atoms with Crippen molar-refractivity contribution in [1.29, 1.82) is 5.26 Å². The number of anilines is 2. The fourth-order valence-electron chi connectivity index (χ4n) is 10.9. The monoisotopic (exact) mass is 987 g/mol. The van der Waals surface area contributed by atoms with Crippen LogP contribution in [0.5, 0.6) is 11.5 Å². The number of fused-ring (bicyclic) bond motifs is 2. The maximum absolute atomic E-state index is 15.5. The molecule has 2 fully saturated rings. The van der Waals surface area contributed by atoms with Gasteiger partial charge < -0.3 is 38.3 Å². The number of amides is 3. The van der Waals surface area contributed by atoms with Gasteiger partial charge in [-0.2, -0.15) is 5.26 Å². The molecule has 73 heavy (non-hydrogen) atoms. The molecule has 0 unspecified atom stereocenters. The zero-order valence-corrected chi connectivity index (χ0v) is 42.0. The Morgan fingerprint density at radius 1 is 0.863 bits per heavy atom. The highest BCUT2D eigenvalue weighted by molar-refractivity contribution is 6.13. The number of rotatable bonds is 13. The Bertz CT molecular complexity index is 3110. The number of ether oxygens (including phenoxy) is 3. The van der Waals surface area contributed by atoms with Crippen LogP contribution in [0.2, 0.25) is 0 Å². The van der Waals surface area contributed by atoms with Gasteiger partial charge in [0.1, 0.15) is 35.7 Å². The van der Waals surface area contributed by atoms with Gasteiger partial charge in [-0.3, -0.25) is 24.2 Å². The van der Waals surface area contributed by atoms with Crippen molar-refractivity contribution < 1.29 is 38.1 Å². The quantitative estimate of drug-likeness (QED) is 0.121. The molecule has 10 rings (SSSR count). The topological polar surface area (TPSA) is 146 Å². The third-order valence-corrected chi connectivity index (χ3v) is 15.4. The summed E-state index contributed by atoms with van der Waals surface area (Å²) in [5.74, 6) is -0.534. The number of hydrogen-bond donors (Lipinski definition) is 1. The van der Waals surface area contributed by atoms with Crippen LogP contribution in [0.4, 0.5) is 15.8 Å². The molecule has 0 saturated carbocycles. The number of phenols is 1. The molecule has 378 valence electrons. The van der Waals surface area contributed by atoms with E-state index in [0.717, 1.165) is 41.9 Å². The fraction of sp³-hybridized carbons (Fsp3) is 0.379. The molecule has 2 saturated heterocycles. The number of halogens is 1. The number of nitriles is 1. The second-order valence-electron chi connectivity index (χ2n) is 19.9. The van der Waals surface area contributed by atoms with E-state index in [0.29, 0.717) is 123 Å². The molecule has 2 atom stereocenters. The summed E-state index contributed by atoms with van der Waals surface area (Å²) in [6, 6.07) is 29.1. The van der Waals surface area contributed by atoms with Gasteiger partial charge >= 0.3 is 0 Å². The molecule has 0 spiro atoms. The average molecular weight is 988 g/mol. The summed E-state index contributed by atoms with van der Waals surface area (Å²) in [5.41, 5.74) is 9.45. The molecular weight excluding hydrogens is 926 g/mol. The van der Waals surface area contributed by atoms with E-state index >= 15 is 14.0 Å². The summed E-state index contributed by atoms with van der Waals surface area (Å²) in [7, 11) is 1.89. The summed E-state index contributed by atoms with van der Waals surface area (Å²) in [6.07, 6.45) is 1.95. The summed E-state index contributed by atoms with van der Waals surface area (Å²) in [6.45, 7) is 13.0. The first-order valence-corrected chi connectivity index (χ1v) is 25.4. The molecule has 0 aliphatic carbocycles. The van der Waals surface area contributed by atoms with Crippen LogP contribution in [0.3, 0.4) is 0 Å². The van der Waals surface area contributed by atoms with E-state index in [4.69, 9.17) is 14.2 Å². The van der Waals surface area contributed by atoms with Gasteiger partial charge in [0.15, 0.2) is 0 Å². The molecule has 4 aliphatic rings. The van der Waals surface area contributed by atoms with Gasteiger partial charge in [-0.05, 0) is 122 Å². The summed E-state index contributed by atoms with van der Waals surface area (Å²) in [5, 5.41) is 20.7. The molecule has 1 N–H and O–H groups in total. The Kier molecular flexibility index (Phi) is 14.2. The molecule has 4 aromatic carbocycles. The molecular formula is C58H62FN7O7. The number of phenolic OH excluding ortho intramolecular Hbond substituents is 1. The Morgan fingerprint density at radius 2 is 1.64 bits per heavy atom. The van der Waals surface area contributed by atoms with Crippen LogP contribution in [0, 0.1) is 36.9 Å². The van der Waals surface area contributed by atoms with Crippen LogP contribution < -0.4 is 9.64 Å². The number of nitrogens with zero attached hydrogens (tertiary/aromatic N) is 7. The second-order valence-corrected chi connectivity index (χ2v) is 19.9. The zero-order valence-electron chi connectivity index (χ0n) is 42.0. The van der Waals surface area contributed by atoms with Crippen LogP contribution in [-0.2, 0) is 60.2 Å². The van der Waals surface area contributed by atoms with Crippen LogP contribution in [0.1, 0.15) is 79.0 Å². The average Bonchev–Trinajstić information content (AvgIpc) is 4.12. The predicted molar refractivity (Wildman–Crippen MR) is 274 cm³/mol. The van der Waals surface area contributed by atoms with Crippen molar-refractivity contribution in [3.63, 3.8) is 0 Å². The predicted octanol–water partition coefficient (Wildman–Crippen LogP) is 8.27. The molecule has 14 nitrogen and oxygen atoms in total. The van der Waals surface area contributed by atoms with Gasteiger partial charge in [0.25, 0.3) is 11.8 Å². The van der Waals surface area contributed by atoms with E-state index in [9.17, 15) is 15.2 Å². The first kappa shape index (κ1) is 49.3. The lowest BCUT2D eigenvalue weighted by molar-refractivity contribution is -0.131. The fourth-order valence-corrected chi connectivity index (χ4v) is 10.9. The lowest BCUT2D eigenvalue weighted by Gasteiger charge is -2.36. The van der Waals surface area contributed by atoms with Crippen LogP contribution in [-0.4, -0.2) is 112 Å². The third-order valence-electron chi connectivity index (χ3n) is 15.4. The maximum atomic E-state index is 15.5. The molecule has 0 bridgehead atoms. The lowest BCUT2D eigenvalue weighted by Crippen LogP contribution is -2.43. The largest absolute Gasteiger partial charge is 0.508 e. The van der Waals surface area contributed by atoms with E-state index < -0.39 is 5.82 Å². The molecule has 15 heteroatoms. The molecule has 6 heterocycles. The van der Waals surface area contributed by atoms with E-state index in [1.165, 1.54) is 23.8 Å². The lowest BCUT2D eigenvalue weighted by atomic mass is 9.89. The Morgan fingerprint density at radius 3 is 2.38 bits per heavy atom. The molecule has 6 aromatic rings. The van der Waals surface area contributed by atoms with E-state index in [1.807, 2.05) is 65.3 Å². The number of hydrogen-bond acceptors (Lipinski definition) is 9. The minimum absolute atomic E-state index is 0.0477. The van der Waals surface area contributed by atoms with Gasteiger partial charge in [0, 0.05) is 111 Å². The highest BCUT2D eigenvalue weighted by atomic mass is 19.1. The molecule has 2 aromatic heterocycles. The van der Waals surface area contributed by atoms with Crippen molar-refractivity contribution in [1.82, 2.24) is 23.8 Å². The number of benzene rings is 4. The van der Waals surface area contributed by atoms with E-state index in [2.05, 4.69) is 30.0 Å². The smallest absolute Gasteiger partial charge is 0.264 e. The Labute approximate surface area is 425 Å². The number of carbonyl (C=O) groups excluding carboxylic acids is 3. The van der Waals surface area contributed by atoms with Crippen molar-refractivity contribution in [3.05, 3.63) is 153 Å². The second kappa shape index (κ2) is 21.1. The van der Waals surface area contributed by atoms with E-state index in [1.54, 1.807) is 40.1 Å². The zero-order chi connectivity index (χ0) is 50.9. The first-order chi connectivity index (χ1) is 35.3. The van der Waals surface area contributed by atoms with Gasteiger partial charge in [-0.25, -0.2) is 4.39 Å². The molecule has 3 amide bonds. The summed E-state index contributed by atoms with van der Waals surface area (Å²) in [4.78, 5) is 52.1. The number of carbonyl (C=O) groups is 3. The Hall–Kier alpha value is -7.25. The maximum Gasteiger partial charge on any atom is 0.264 e. The van der Waals surface area contributed by atoms with Crippen LogP contribution >= 0.6 is 0 Å². The highest BCUT2D eigenvalue weighted by Gasteiger charge is 2.34. The number of aromatic nitrogens is 2. The van der Waals surface area contributed by atoms with Crippen molar-refractivity contribution in [2.75, 3.05) is 64.1 Å². The summed E-state index contributed by atoms with van der Waals surface area (Å²) >= 11 is 0. The van der Waals surface area contributed by atoms with Crippen LogP contribution in [0.15, 0.2) is 91.0 Å². The third kappa shape index (κ3) is 10.1. The number of aromatic hydroxyl groups is 1. The Balaban J connectivity index is 0.970. The van der Waals surface area contributed by atoms with Gasteiger partial charge in [0.2, 0.25) is 5.91 Å². The van der Waals surface area contributed by atoms with Gasteiger partial charge in [-0.1, -0.05) is 30.3 Å². The van der Waals surface area contributed by atoms with Crippen molar-refractivity contribution in [2.24, 2.45) is 13.0 Å². The first-order valence-electron chi connectivity index (χ1n) is 25.4. The minimum atomic E-state index is -0.499. The molecule has 0 radical (unpaired) electrons. The summed E-state index contributed by atoms with van der Waals surface area (Å²) < 4.78 is 36.4. The van der Waals surface area contributed by atoms with Crippen molar-refractivity contribution in [2.45, 2.75) is 72.1 Å². The van der Waals surface area contributed by atoms with Gasteiger partial charge in [-0.15, -0.1) is 0 Å². The highest BCUT2D eigenvalue weighted by Crippen LogP contribution is 2.39. The minimum Gasteiger partial charge on any atom is -0.508 e. The van der Waals surface area contributed by atoms with Crippen molar-refractivity contribution in [3.8, 4) is 28.8 Å². The van der Waals surface area contributed by atoms with Gasteiger partial charge in [0.05, 0.1) is 37.5 Å². The van der Waals surface area contributed by atoms with E-state index in [-0.39, 0.29) is 54.0 Å². The molecule has 4 aliphatic heterocycles. The SMILES string of the molecule is Cc1c(C(=O)N(c2ccc(O)cc2)c2cc(C#N)n(C[C@@H]3CCOC3)c2C)cc(-c2cc3c(cc2C(=O)N2Cc4ccccc4C[C@H]2C)CN(C(=O)Cc2ccc(OCCN4CCOCC4)cc2F)CC3)n1C.